The van der Waals surface area contributed by atoms with Gasteiger partial charge in [-0.25, -0.2) is 4.79 Å². The van der Waals surface area contributed by atoms with Crippen molar-refractivity contribution in [2.45, 2.75) is 90.1 Å². The molecule has 1 N–H and O–H groups in total. The summed E-state index contributed by atoms with van der Waals surface area (Å²) in [4.78, 5) is 36.5. The lowest BCUT2D eigenvalue weighted by atomic mass is 9.91. The van der Waals surface area contributed by atoms with Crippen LogP contribution in [-0.4, -0.2) is 61.1 Å². The number of pyridine rings is 1. The van der Waals surface area contributed by atoms with Gasteiger partial charge in [0.15, 0.2) is 0 Å². The van der Waals surface area contributed by atoms with E-state index >= 15 is 0 Å². The van der Waals surface area contributed by atoms with E-state index in [9.17, 15) is 9.59 Å². The molecule has 9 nitrogen and oxygen atoms in total. The Hall–Kier alpha value is -5.09. The maximum absolute atomic E-state index is 14.3. The second-order valence-electron chi connectivity index (χ2n) is 16.8. The summed E-state index contributed by atoms with van der Waals surface area (Å²) in [5, 5.41) is 4.16. The van der Waals surface area contributed by atoms with E-state index in [2.05, 4.69) is 77.4 Å². The highest BCUT2D eigenvalue weighted by atomic mass is 35.5. The summed E-state index contributed by atoms with van der Waals surface area (Å²) in [6.45, 7) is 8.41. The van der Waals surface area contributed by atoms with Crippen LogP contribution in [0.4, 0.5) is 5.69 Å². The second kappa shape index (κ2) is 18.5. The quantitative estimate of drug-likeness (QED) is 0.117. The molecule has 11 heteroatoms. The van der Waals surface area contributed by atoms with E-state index in [1.165, 1.54) is 12.7 Å². The number of benzene rings is 4. The first-order valence-electron chi connectivity index (χ1n) is 21.4. The number of carbonyl (C=O) groups excluding carboxylic acids is 2. The average molecular weight is 862 g/mol. The molecule has 4 atom stereocenters. The van der Waals surface area contributed by atoms with Crippen LogP contribution < -0.4 is 19.7 Å². The van der Waals surface area contributed by atoms with Crippen molar-refractivity contribution in [2.24, 2.45) is 5.92 Å². The molecule has 1 saturated carbocycles. The highest BCUT2D eigenvalue weighted by Crippen LogP contribution is 2.42. The van der Waals surface area contributed by atoms with Gasteiger partial charge in [-0.3, -0.25) is 14.7 Å². The van der Waals surface area contributed by atoms with Crippen molar-refractivity contribution in [3.05, 3.63) is 140 Å². The lowest BCUT2D eigenvalue weighted by molar-refractivity contribution is -0.145. The third-order valence-electron chi connectivity index (χ3n) is 12.6. The van der Waals surface area contributed by atoms with Gasteiger partial charge in [0.1, 0.15) is 29.7 Å². The molecule has 318 valence electrons. The minimum atomic E-state index is -0.822. The van der Waals surface area contributed by atoms with Gasteiger partial charge in [-0.1, -0.05) is 72.6 Å². The molecule has 3 aliphatic rings. The van der Waals surface area contributed by atoms with Crippen molar-refractivity contribution < 1.29 is 23.8 Å². The van der Waals surface area contributed by atoms with Crippen LogP contribution in [0.5, 0.6) is 11.5 Å². The largest absolute Gasteiger partial charge is 0.486 e. The van der Waals surface area contributed by atoms with Crippen LogP contribution >= 0.6 is 23.2 Å². The van der Waals surface area contributed by atoms with E-state index in [0.29, 0.717) is 35.3 Å². The third-order valence-corrected chi connectivity index (χ3v) is 13.3. The van der Waals surface area contributed by atoms with E-state index in [-0.39, 0.29) is 18.1 Å². The standard InChI is InChI=1S/C50H54Cl2N4O5/c1-6-46(36-15-18-41(51)42(52)24-36)60-39-16-13-35(14-17-39)47-20-22-55(4)44-25-37-26-45(56(28-33-7-8-33)29-38(37)27-48(44)61-47)49(57)54-43(50(58)59-5)23-32-9-11-34(12-10-32)40-19-21-53-31(3)30(40)2/h9-19,21,24-25,27,33,43,45-47H,6-8,20,22-23,26,28-29H2,1-5H3,(H,54,57)/t43-,45-,46+,47+/m0/s1. The molecule has 0 radical (unpaired) electrons. The number of anilines is 1. The van der Waals surface area contributed by atoms with Crippen LogP contribution in [0.1, 0.15) is 83.9 Å². The molecule has 0 unspecified atom stereocenters. The summed E-state index contributed by atoms with van der Waals surface area (Å²) < 4.78 is 18.5. The molecular formula is C50H54Cl2N4O5. The number of carbonyl (C=O) groups is 2. The first kappa shape index (κ1) is 42.6. The number of fused-ring (bicyclic) bond motifs is 2. The molecule has 1 aromatic heterocycles. The molecule has 0 saturated heterocycles. The Morgan fingerprint density at radius 2 is 1.70 bits per heavy atom. The number of aromatic nitrogens is 1. The van der Waals surface area contributed by atoms with E-state index in [1.807, 2.05) is 55.6 Å². The molecule has 1 amide bonds. The highest BCUT2D eigenvalue weighted by Gasteiger charge is 2.38. The van der Waals surface area contributed by atoms with Crippen LogP contribution in [0.15, 0.2) is 91.1 Å². The molecule has 0 spiro atoms. The maximum Gasteiger partial charge on any atom is 0.328 e. The van der Waals surface area contributed by atoms with Gasteiger partial charge in [0, 0.05) is 51.4 Å². The Labute approximate surface area is 369 Å². The molecule has 61 heavy (non-hydrogen) atoms. The van der Waals surface area contributed by atoms with E-state index in [0.717, 1.165) is 101 Å². The summed E-state index contributed by atoms with van der Waals surface area (Å²) in [5.74, 6) is 1.56. The summed E-state index contributed by atoms with van der Waals surface area (Å²) >= 11 is 12.5. The minimum Gasteiger partial charge on any atom is -0.486 e. The fraction of sp³-hybridized carbons (Fsp3) is 0.380. The van der Waals surface area contributed by atoms with Crippen LogP contribution in [-0.2, 0) is 33.7 Å². The predicted molar refractivity (Wildman–Crippen MR) is 242 cm³/mol. The van der Waals surface area contributed by atoms with Crippen LogP contribution in [0, 0.1) is 19.8 Å². The predicted octanol–water partition coefficient (Wildman–Crippen LogP) is 10.2. The van der Waals surface area contributed by atoms with Gasteiger partial charge in [0.2, 0.25) is 5.91 Å². The Morgan fingerprint density at radius 3 is 2.41 bits per heavy atom. The first-order chi connectivity index (χ1) is 29.5. The smallest absolute Gasteiger partial charge is 0.328 e. The van der Waals surface area contributed by atoms with Gasteiger partial charge in [-0.2, -0.15) is 0 Å². The average Bonchev–Trinajstić information content (AvgIpc) is 4.11. The fourth-order valence-corrected chi connectivity index (χ4v) is 8.95. The van der Waals surface area contributed by atoms with Crippen molar-refractivity contribution in [3.8, 4) is 22.6 Å². The van der Waals surface area contributed by atoms with Gasteiger partial charge in [-0.05, 0) is 132 Å². The number of halogens is 2. The monoisotopic (exact) mass is 860 g/mol. The zero-order valence-electron chi connectivity index (χ0n) is 35.5. The van der Waals surface area contributed by atoms with Crippen LogP contribution in [0.3, 0.4) is 0 Å². The summed E-state index contributed by atoms with van der Waals surface area (Å²) in [6, 6.07) is 27.1. The number of ether oxygens (including phenoxy) is 3. The van der Waals surface area contributed by atoms with E-state index in [1.54, 1.807) is 6.07 Å². The number of amides is 1. The normalized spacial score (nSPS) is 18.5. The van der Waals surface area contributed by atoms with Gasteiger partial charge in [0.05, 0.1) is 28.9 Å². The number of rotatable bonds is 13. The Morgan fingerprint density at radius 1 is 0.934 bits per heavy atom. The summed E-state index contributed by atoms with van der Waals surface area (Å²) in [6.07, 6.45) is 6.28. The van der Waals surface area contributed by atoms with Gasteiger partial charge in [-0.15, -0.1) is 0 Å². The minimum absolute atomic E-state index is 0.145. The highest BCUT2D eigenvalue weighted by molar-refractivity contribution is 6.42. The zero-order chi connectivity index (χ0) is 42.8. The van der Waals surface area contributed by atoms with Crippen LogP contribution in [0.2, 0.25) is 10.0 Å². The molecule has 1 fully saturated rings. The number of nitrogens with one attached hydrogen (secondary N) is 1. The fourth-order valence-electron chi connectivity index (χ4n) is 8.65. The molecule has 5 aromatic rings. The van der Waals surface area contributed by atoms with Crippen molar-refractivity contribution in [1.82, 2.24) is 15.2 Å². The Balaban J connectivity index is 0.973. The third kappa shape index (κ3) is 9.70. The summed E-state index contributed by atoms with van der Waals surface area (Å²) in [7, 11) is 3.47. The van der Waals surface area contributed by atoms with Crippen molar-refractivity contribution in [2.75, 3.05) is 32.1 Å². The first-order valence-corrected chi connectivity index (χ1v) is 22.1. The number of hydrogen-bond donors (Lipinski definition) is 1. The van der Waals surface area contributed by atoms with Crippen molar-refractivity contribution >= 4 is 40.8 Å². The number of hydrogen-bond acceptors (Lipinski definition) is 8. The molecule has 8 rings (SSSR count). The Kier molecular flexibility index (Phi) is 12.9. The number of methoxy groups -OCH3 is 1. The van der Waals surface area contributed by atoms with Gasteiger partial charge < -0.3 is 24.4 Å². The van der Waals surface area contributed by atoms with Gasteiger partial charge in [0.25, 0.3) is 0 Å². The summed E-state index contributed by atoms with van der Waals surface area (Å²) in [5.41, 5.74) is 10.6. The lowest BCUT2D eigenvalue weighted by Crippen LogP contribution is -2.55. The van der Waals surface area contributed by atoms with Crippen molar-refractivity contribution in [1.29, 1.82) is 0 Å². The number of aryl methyl sites for hydroxylation is 1. The number of nitrogens with zero attached hydrogens (tertiary/aromatic N) is 3. The van der Waals surface area contributed by atoms with Gasteiger partial charge >= 0.3 is 5.97 Å². The zero-order valence-corrected chi connectivity index (χ0v) is 37.1. The topological polar surface area (TPSA) is 93.2 Å². The maximum atomic E-state index is 14.3. The molecule has 0 bridgehead atoms. The molecule has 4 aromatic carbocycles. The molecule has 1 aliphatic carbocycles. The lowest BCUT2D eigenvalue weighted by Gasteiger charge is -2.37. The van der Waals surface area contributed by atoms with Crippen molar-refractivity contribution in [3.63, 3.8) is 0 Å². The van der Waals surface area contributed by atoms with Crippen LogP contribution in [0.25, 0.3) is 11.1 Å². The number of esters is 1. The SMILES string of the molecule is CC[C@@H](Oc1ccc([C@H]2CCN(C)c3cc4c(cc3O2)CN(CC2CC2)[C@H](C(=O)N[C@@H](Cc2ccc(-c3ccnc(C)c3C)cc2)C(=O)OC)C4)cc1)c1ccc(Cl)c(Cl)c1. The van der Waals surface area contributed by atoms with E-state index in [4.69, 9.17) is 37.4 Å². The molecular weight excluding hydrogens is 807 g/mol. The Bertz CT molecular complexity index is 2390. The second-order valence-corrected chi connectivity index (χ2v) is 17.6. The molecule has 3 heterocycles. The molecule has 2 aliphatic heterocycles. The van der Waals surface area contributed by atoms with E-state index < -0.39 is 18.1 Å².